The fourth-order valence-electron chi connectivity index (χ4n) is 2.62. The number of carbonyl (C=O) groups is 2. The minimum atomic E-state index is -0.709. The number of hydrogen-bond donors (Lipinski definition) is 0. The zero-order valence-electron chi connectivity index (χ0n) is 12.4. The molecule has 20 heavy (non-hydrogen) atoms. The average molecular weight is 280 g/mol. The second-order valence-corrected chi connectivity index (χ2v) is 5.29. The Morgan fingerprint density at radius 3 is 2.40 bits per heavy atom. The van der Waals surface area contributed by atoms with Crippen LogP contribution in [-0.2, 0) is 19.1 Å². The van der Waals surface area contributed by atoms with Crippen LogP contribution < -0.4 is 0 Å². The minimum Gasteiger partial charge on any atom is -0.455 e. The van der Waals surface area contributed by atoms with E-state index in [9.17, 15) is 9.59 Å². The molecule has 4 nitrogen and oxygen atoms in total. The maximum Gasteiger partial charge on any atom is 0.330 e. The second-order valence-electron chi connectivity index (χ2n) is 5.29. The highest BCUT2D eigenvalue weighted by molar-refractivity contribution is 5.82. The van der Waals surface area contributed by atoms with Crippen LogP contribution in [0, 0.1) is 5.92 Å². The van der Waals surface area contributed by atoms with Gasteiger partial charge in [-0.25, -0.2) is 9.59 Å². The molecule has 0 N–H and O–H groups in total. The zero-order valence-corrected chi connectivity index (χ0v) is 12.4. The van der Waals surface area contributed by atoms with Gasteiger partial charge in [0.15, 0.2) is 5.60 Å². The molecule has 3 atom stereocenters. The Bertz CT molecular complexity index is 388. The molecule has 112 valence electrons. The fraction of sp³-hybridized carbons (Fsp3) is 0.625. The van der Waals surface area contributed by atoms with E-state index in [0.717, 1.165) is 31.4 Å². The Balaban J connectivity index is 2.91. The second kappa shape index (κ2) is 7.27. The van der Waals surface area contributed by atoms with Crippen molar-refractivity contribution in [1.82, 2.24) is 0 Å². The summed E-state index contributed by atoms with van der Waals surface area (Å²) in [6.45, 7) is 10.9. The predicted octanol–water partition coefficient (Wildman–Crippen LogP) is 3.17. The number of rotatable bonds is 8. The monoisotopic (exact) mass is 280 g/mol. The molecule has 1 saturated carbocycles. The first kappa shape index (κ1) is 16.5. The molecule has 0 aromatic heterocycles. The quantitative estimate of drug-likeness (QED) is 0.506. The number of unbranched alkanes of at least 4 members (excludes halogenated alkanes) is 1. The van der Waals surface area contributed by atoms with E-state index in [4.69, 9.17) is 9.47 Å². The van der Waals surface area contributed by atoms with Crippen molar-refractivity contribution in [2.75, 3.05) is 0 Å². The van der Waals surface area contributed by atoms with Gasteiger partial charge in [-0.2, -0.15) is 0 Å². The van der Waals surface area contributed by atoms with Gasteiger partial charge >= 0.3 is 11.9 Å². The Labute approximate surface area is 120 Å². The van der Waals surface area contributed by atoms with Crippen LogP contribution in [-0.4, -0.2) is 23.6 Å². The zero-order chi connectivity index (χ0) is 15.2. The van der Waals surface area contributed by atoms with E-state index in [1.807, 2.05) is 6.92 Å². The Hall–Kier alpha value is -1.58. The van der Waals surface area contributed by atoms with Crippen molar-refractivity contribution >= 4 is 11.9 Å². The molecule has 1 rings (SSSR count). The van der Waals surface area contributed by atoms with Crippen molar-refractivity contribution in [1.29, 1.82) is 0 Å². The lowest BCUT2D eigenvalue weighted by Gasteiger charge is -2.50. The Morgan fingerprint density at radius 2 is 2.00 bits per heavy atom. The standard InChI is InChI=1S/C16H24O4/c1-5-8-9-13(19-14(17)6-2)16(11-10-12(16)4)20-15(18)7-3/h6-7,12-13H,2-3,5,8-11H2,1,4H3. The lowest BCUT2D eigenvalue weighted by atomic mass is 9.66. The summed E-state index contributed by atoms with van der Waals surface area (Å²) in [6.07, 6.45) is 6.14. The summed E-state index contributed by atoms with van der Waals surface area (Å²) in [5, 5.41) is 0. The molecule has 0 aromatic rings. The summed E-state index contributed by atoms with van der Waals surface area (Å²) in [5.74, 6) is -0.766. The summed E-state index contributed by atoms with van der Waals surface area (Å²) in [5.41, 5.74) is -0.709. The molecule has 1 aliphatic rings. The van der Waals surface area contributed by atoms with Crippen molar-refractivity contribution in [2.45, 2.75) is 57.7 Å². The van der Waals surface area contributed by atoms with Crippen molar-refractivity contribution < 1.29 is 19.1 Å². The Morgan fingerprint density at radius 1 is 1.35 bits per heavy atom. The first-order valence-corrected chi connectivity index (χ1v) is 7.18. The summed E-state index contributed by atoms with van der Waals surface area (Å²) < 4.78 is 11.0. The van der Waals surface area contributed by atoms with E-state index >= 15 is 0 Å². The molecule has 4 heteroatoms. The molecular weight excluding hydrogens is 256 g/mol. The third kappa shape index (κ3) is 3.50. The molecule has 0 spiro atoms. The number of ether oxygens (including phenoxy) is 2. The van der Waals surface area contributed by atoms with Crippen LogP contribution >= 0.6 is 0 Å². The van der Waals surface area contributed by atoms with Gasteiger partial charge in [0.05, 0.1) is 0 Å². The predicted molar refractivity (Wildman–Crippen MR) is 77.0 cm³/mol. The van der Waals surface area contributed by atoms with E-state index in [2.05, 4.69) is 20.1 Å². The summed E-state index contributed by atoms with van der Waals surface area (Å²) in [7, 11) is 0. The summed E-state index contributed by atoms with van der Waals surface area (Å²) >= 11 is 0. The van der Waals surface area contributed by atoms with Crippen LogP contribution in [0.2, 0.25) is 0 Å². The SMILES string of the molecule is C=CC(=O)OC(CCCC)C1(OC(=O)C=C)CCC1C. The van der Waals surface area contributed by atoms with Crippen LogP contribution in [0.15, 0.2) is 25.3 Å². The first-order valence-electron chi connectivity index (χ1n) is 7.18. The largest absolute Gasteiger partial charge is 0.455 e. The maximum absolute atomic E-state index is 11.6. The van der Waals surface area contributed by atoms with E-state index in [-0.39, 0.29) is 5.92 Å². The molecule has 0 amide bonds. The highest BCUT2D eigenvalue weighted by Crippen LogP contribution is 2.46. The third-order valence-electron chi connectivity index (χ3n) is 4.05. The van der Waals surface area contributed by atoms with Gasteiger partial charge in [0.1, 0.15) is 6.10 Å². The van der Waals surface area contributed by atoms with Crippen LogP contribution in [0.5, 0.6) is 0 Å². The van der Waals surface area contributed by atoms with Gasteiger partial charge in [-0.15, -0.1) is 0 Å². The molecule has 0 aromatic carbocycles. The van der Waals surface area contributed by atoms with E-state index in [1.54, 1.807) is 0 Å². The lowest BCUT2D eigenvalue weighted by molar-refractivity contribution is -0.214. The molecule has 0 bridgehead atoms. The molecule has 0 heterocycles. The van der Waals surface area contributed by atoms with E-state index in [0.29, 0.717) is 12.8 Å². The molecule has 0 radical (unpaired) electrons. The van der Waals surface area contributed by atoms with Gasteiger partial charge < -0.3 is 9.47 Å². The minimum absolute atomic E-state index is 0.172. The number of carbonyl (C=O) groups excluding carboxylic acids is 2. The normalized spacial score (nSPS) is 26.0. The maximum atomic E-state index is 11.6. The highest BCUT2D eigenvalue weighted by atomic mass is 16.6. The highest BCUT2D eigenvalue weighted by Gasteiger charge is 2.54. The average Bonchev–Trinajstić information content (AvgIpc) is 2.46. The topological polar surface area (TPSA) is 52.6 Å². The van der Waals surface area contributed by atoms with Crippen LogP contribution in [0.25, 0.3) is 0 Å². The van der Waals surface area contributed by atoms with Gasteiger partial charge in [0, 0.05) is 12.2 Å². The lowest BCUT2D eigenvalue weighted by Crippen LogP contribution is -2.59. The summed E-state index contributed by atoms with van der Waals surface area (Å²) in [4.78, 5) is 23.1. The summed E-state index contributed by atoms with van der Waals surface area (Å²) in [6, 6.07) is 0. The van der Waals surface area contributed by atoms with Gasteiger partial charge in [-0.05, 0) is 31.6 Å². The van der Waals surface area contributed by atoms with Gasteiger partial charge in [-0.1, -0.05) is 33.4 Å². The van der Waals surface area contributed by atoms with Crippen LogP contribution in [0.3, 0.4) is 0 Å². The van der Waals surface area contributed by atoms with Gasteiger partial charge in [-0.3, -0.25) is 0 Å². The first-order chi connectivity index (χ1) is 9.50. The molecule has 1 fully saturated rings. The van der Waals surface area contributed by atoms with E-state index in [1.165, 1.54) is 0 Å². The van der Waals surface area contributed by atoms with Crippen molar-refractivity contribution in [3.05, 3.63) is 25.3 Å². The van der Waals surface area contributed by atoms with Crippen LogP contribution in [0.4, 0.5) is 0 Å². The third-order valence-corrected chi connectivity index (χ3v) is 4.05. The van der Waals surface area contributed by atoms with E-state index < -0.39 is 23.6 Å². The van der Waals surface area contributed by atoms with Crippen LogP contribution in [0.1, 0.15) is 46.0 Å². The molecule has 1 aliphatic carbocycles. The number of esters is 2. The smallest absolute Gasteiger partial charge is 0.330 e. The molecule has 0 aliphatic heterocycles. The number of hydrogen-bond acceptors (Lipinski definition) is 4. The Kier molecular flexibility index (Phi) is 5.99. The van der Waals surface area contributed by atoms with Gasteiger partial charge in [0.25, 0.3) is 0 Å². The van der Waals surface area contributed by atoms with Crippen molar-refractivity contribution in [3.63, 3.8) is 0 Å². The fourth-order valence-corrected chi connectivity index (χ4v) is 2.62. The van der Waals surface area contributed by atoms with Crippen molar-refractivity contribution in [2.24, 2.45) is 5.92 Å². The molecular formula is C16H24O4. The molecule has 3 unspecified atom stereocenters. The molecule has 0 saturated heterocycles. The van der Waals surface area contributed by atoms with Gasteiger partial charge in [0.2, 0.25) is 0 Å². The van der Waals surface area contributed by atoms with Crippen molar-refractivity contribution in [3.8, 4) is 0 Å².